The Labute approximate surface area is 149 Å². The number of hydrogen-bond acceptors (Lipinski definition) is 5. The smallest absolute Gasteiger partial charge is 0.308 e. The number of carbonyl (C=O) groups is 4. The number of piperidine rings is 1. The number of likely N-dealkylation sites (N-methyl/N-ethyl adjacent to an activating group) is 1. The van der Waals surface area contributed by atoms with E-state index < -0.39 is 11.9 Å². The summed E-state index contributed by atoms with van der Waals surface area (Å²) in [5, 5.41) is 13.4. The van der Waals surface area contributed by atoms with Crippen molar-refractivity contribution < 1.29 is 24.3 Å². The van der Waals surface area contributed by atoms with E-state index in [4.69, 9.17) is 5.11 Å². The number of nitrogens with zero attached hydrogens (tertiary/aromatic N) is 2. The largest absolute Gasteiger partial charge is 0.481 e. The van der Waals surface area contributed by atoms with Gasteiger partial charge >= 0.3 is 5.97 Å². The van der Waals surface area contributed by atoms with Crippen LogP contribution in [0.2, 0.25) is 0 Å². The van der Waals surface area contributed by atoms with Gasteiger partial charge in [-0.25, -0.2) is 0 Å². The van der Waals surface area contributed by atoms with Gasteiger partial charge in [0.15, 0.2) is 0 Å². The first-order valence-electron chi connectivity index (χ1n) is 7.94. The van der Waals surface area contributed by atoms with E-state index in [-0.39, 0.29) is 37.4 Å². The molecular formula is C16H21N3O5S. The average Bonchev–Trinajstić information content (AvgIpc) is 3.14. The summed E-state index contributed by atoms with van der Waals surface area (Å²) in [6.45, 7) is 0.337. The standard InChI is InChI=1S/C16H21N3O5S/c1-18(13(20)8-17-15(22)12-5-3-7-25-12)10-14(21)19-6-2-4-11(9-19)16(23)24/h3,5,7,11H,2,4,6,8-10H2,1H3,(H,17,22)(H,23,24). The maximum atomic E-state index is 12.3. The molecule has 0 bridgehead atoms. The number of aliphatic carboxylic acids is 1. The van der Waals surface area contributed by atoms with E-state index in [0.29, 0.717) is 24.3 Å². The summed E-state index contributed by atoms with van der Waals surface area (Å²) < 4.78 is 0. The minimum Gasteiger partial charge on any atom is -0.481 e. The second-order valence-electron chi connectivity index (χ2n) is 5.93. The zero-order valence-corrected chi connectivity index (χ0v) is 14.8. The molecule has 25 heavy (non-hydrogen) atoms. The van der Waals surface area contributed by atoms with Crippen molar-refractivity contribution in [3.63, 3.8) is 0 Å². The number of rotatable bonds is 6. The normalized spacial score (nSPS) is 17.0. The van der Waals surface area contributed by atoms with E-state index in [0.717, 1.165) is 0 Å². The summed E-state index contributed by atoms with van der Waals surface area (Å²) in [6, 6.07) is 3.40. The van der Waals surface area contributed by atoms with Gasteiger partial charge in [-0.1, -0.05) is 6.07 Å². The first-order chi connectivity index (χ1) is 11.9. The molecule has 0 aromatic carbocycles. The molecule has 1 atom stereocenters. The molecule has 0 spiro atoms. The van der Waals surface area contributed by atoms with Gasteiger partial charge in [-0.2, -0.15) is 0 Å². The van der Waals surface area contributed by atoms with E-state index in [1.54, 1.807) is 17.5 Å². The van der Waals surface area contributed by atoms with Gasteiger partial charge in [-0.05, 0) is 24.3 Å². The predicted octanol–water partition coefficient (Wildman–Crippen LogP) is 0.260. The van der Waals surface area contributed by atoms with Gasteiger partial charge in [0.1, 0.15) is 0 Å². The summed E-state index contributed by atoms with van der Waals surface area (Å²) in [7, 11) is 1.48. The van der Waals surface area contributed by atoms with Gasteiger partial charge in [0.25, 0.3) is 5.91 Å². The fraction of sp³-hybridized carbons (Fsp3) is 0.500. The second-order valence-corrected chi connectivity index (χ2v) is 6.87. The third-order valence-electron chi connectivity index (χ3n) is 4.07. The van der Waals surface area contributed by atoms with Crippen LogP contribution in [0.25, 0.3) is 0 Å². The molecule has 0 radical (unpaired) electrons. The van der Waals surface area contributed by atoms with Crippen LogP contribution in [0.5, 0.6) is 0 Å². The van der Waals surface area contributed by atoms with E-state index in [9.17, 15) is 19.2 Å². The first-order valence-corrected chi connectivity index (χ1v) is 8.82. The molecule has 1 fully saturated rings. The van der Waals surface area contributed by atoms with Crippen molar-refractivity contribution in [3.05, 3.63) is 22.4 Å². The van der Waals surface area contributed by atoms with Gasteiger partial charge in [0, 0.05) is 20.1 Å². The molecule has 9 heteroatoms. The van der Waals surface area contributed by atoms with Gasteiger partial charge < -0.3 is 20.2 Å². The van der Waals surface area contributed by atoms with Crippen molar-refractivity contribution >= 4 is 35.0 Å². The molecular weight excluding hydrogens is 346 g/mol. The van der Waals surface area contributed by atoms with E-state index >= 15 is 0 Å². The summed E-state index contributed by atoms with van der Waals surface area (Å²) in [5.74, 6) is -2.46. The fourth-order valence-electron chi connectivity index (χ4n) is 2.58. The Morgan fingerprint density at radius 2 is 2.16 bits per heavy atom. The van der Waals surface area contributed by atoms with Crippen LogP contribution in [0.1, 0.15) is 22.5 Å². The number of carboxylic acids is 1. The first kappa shape index (κ1) is 18.9. The van der Waals surface area contributed by atoms with Crippen LogP contribution in [0, 0.1) is 5.92 Å². The Balaban J connectivity index is 1.78. The zero-order valence-electron chi connectivity index (χ0n) is 13.9. The molecule has 1 aromatic heterocycles. The Hall–Kier alpha value is -2.42. The molecule has 1 aromatic rings. The average molecular weight is 367 g/mol. The molecule has 1 aliphatic heterocycles. The lowest BCUT2D eigenvalue weighted by molar-refractivity contribution is -0.147. The number of hydrogen-bond donors (Lipinski definition) is 2. The third kappa shape index (κ3) is 5.28. The van der Waals surface area contributed by atoms with E-state index in [1.807, 2.05) is 0 Å². The Morgan fingerprint density at radius 1 is 1.40 bits per heavy atom. The molecule has 0 aliphatic carbocycles. The highest BCUT2D eigenvalue weighted by molar-refractivity contribution is 7.12. The van der Waals surface area contributed by atoms with Crippen LogP contribution in [-0.2, 0) is 14.4 Å². The molecule has 2 rings (SSSR count). The molecule has 0 saturated carbocycles. The third-order valence-corrected chi connectivity index (χ3v) is 4.94. The molecule has 3 amide bonds. The van der Waals surface area contributed by atoms with Crippen molar-refractivity contribution in [3.8, 4) is 0 Å². The lowest BCUT2D eigenvalue weighted by Gasteiger charge is -2.32. The van der Waals surface area contributed by atoms with Crippen LogP contribution in [0.3, 0.4) is 0 Å². The maximum Gasteiger partial charge on any atom is 0.308 e. The highest BCUT2D eigenvalue weighted by atomic mass is 32.1. The summed E-state index contributed by atoms with van der Waals surface area (Å²) >= 11 is 1.28. The Morgan fingerprint density at radius 3 is 2.80 bits per heavy atom. The number of carboxylic acid groups (broad SMARTS) is 1. The van der Waals surface area contributed by atoms with Crippen molar-refractivity contribution in [1.82, 2.24) is 15.1 Å². The molecule has 1 unspecified atom stereocenters. The summed E-state index contributed by atoms with van der Waals surface area (Å²) in [5.41, 5.74) is 0. The molecule has 2 heterocycles. The van der Waals surface area contributed by atoms with Crippen LogP contribution in [0.15, 0.2) is 17.5 Å². The minimum absolute atomic E-state index is 0.139. The van der Waals surface area contributed by atoms with Crippen LogP contribution in [-0.4, -0.2) is 71.8 Å². The van der Waals surface area contributed by atoms with Gasteiger partial charge in [0.05, 0.1) is 23.9 Å². The molecule has 2 N–H and O–H groups in total. The highest BCUT2D eigenvalue weighted by Gasteiger charge is 2.29. The van der Waals surface area contributed by atoms with Crippen LogP contribution in [0.4, 0.5) is 0 Å². The Bertz CT molecular complexity index is 646. The van der Waals surface area contributed by atoms with Gasteiger partial charge in [-0.3, -0.25) is 19.2 Å². The van der Waals surface area contributed by atoms with Crippen molar-refractivity contribution in [1.29, 1.82) is 0 Å². The molecule has 136 valence electrons. The van der Waals surface area contributed by atoms with E-state index in [1.165, 1.54) is 28.2 Å². The van der Waals surface area contributed by atoms with Crippen LogP contribution < -0.4 is 5.32 Å². The second kappa shape index (κ2) is 8.61. The minimum atomic E-state index is -0.904. The van der Waals surface area contributed by atoms with Crippen molar-refractivity contribution in [2.75, 3.05) is 33.2 Å². The molecule has 1 saturated heterocycles. The number of nitrogens with one attached hydrogen (secondary N) is 1. The highest BCUT2D eigenvalue weighted by Crippen LogP contribution is 2.16. The molecule has 1 aliphatic rings. The summed E-state index contributed by atoms with van der Waals surface area (Å²) in [4.78, 5) is 50.4. The fourth-order valence-corrected chi connectivity index (χ4v) is 3.22. The molecule has 8 nitrogen and oxygen atoms in total. The number of thiophene rings is 1. The van der Waals surface area contributed by atoms with Crippen molar-refractivity contribution in [2.24, 2.45) is 5.92 Å². The number of amides is 3. The summed E-state index contributed by atoms with van der Waals surface area (Å²) in [6.07, 6.45) is 1.19. The maximum absolute atomic E-state index is 12.3. The monoisotopic (exact) mass is 367 g/mol. The number of likely N-dealkylation sites (tertiary alicyclic amines) is 1. The van der Waals surface area contributed by atoms with Gasteiger partial charge in [-0.15, -0.1) is 11.3 Å². The predicted molar refractivity (Wildman–Crippen MR) is 91.2 cm³/mol. The van der Waals surface area contributed by atoms with Crippen LogP contribution >= 0.6 is 11.3 Å². The lowest BCUT2D eigenvalue weighted by Crippen LogP contribution is -2.48. The van der Waals surface area contributed by atoms with Crippen molar-refractivity contribution in [2.45, 2.75) is 12.8 Å². The van der Waals surface area contributed by atoms with E-state index in [2.05, 4.69) is 5.32 Å². The topological polar surface area (TPSA) is 107 Å². The lowest BCUT2D eigenvalue weighted by atomic mass is 9.98. The number of carbonyl (C=O) groups excluding carboxylic acids is 3. The SMILES string of the molecule is CN(CC(=O)N1CCCC(C(=O)O)C1)C(=O)CNC(=O)c1cccs1. The van der Waals surface area contributed by atoms with Gasteiger partial charge in [0.2, 0.25) is 11.8 Å². The quantitative estimate of drug-likeness (QED) is 0.750. The zero-order chi connectivity index (χ0) is 18.4. The Kier molecular flexibility index (Phi) is 6.51.